The van der Waals surface area contributed by atoms with Crippen molar-refractivity contribution in [3.8, 4) is 0 Å². The number of fused-ring (bicyclic) bond motifs is 10. The fourth-order valence-corrected chi connectivity index (χ4v) is 10.9. The molecule has 0 aromatic heterocycles. The van der Waals surface area contributed by atoms with E-state index in [1.807, 2.05) is 0 Å². The van der Waals surface area contributed by atoms with E-state index < -0.39 is 0 Å². The average molecular weight is 453 g/mol. The maximum atomic E-state index is 12.9. The summed E-state index contributed by atoms with van der Waals surface area (Å²) in [5.74, 6) is 2.11. The number of rotatable bonds is 0. The summed E-state index contributed by atoms with van der Waals surface area (Å²) in [6.07, 6.45) is 12.3. The van der Waals surface area contributed by atoms with Crippen molar-refractivity contribution in [3.05, 3.63) is 11.6 Å². The number of hydrogen-bond donors (Lipinski definition) is 0. The molecule has 0 radical (unpaired) electrons. The Morgan fingerprint density at radius 1 is 0.848 bits per heavy atom. The van der Waals surface area contributed by atoms with Crippen molar-refractivity contribution in [2.75, 3.05) is 0 Å². The van der Waals surface area contributed by atoms with Gasteiger partial charge in [0.1, 0.15) is 11.9 Å². The molecule has 5 aliphatic carbocycles. The minimum absolute atomic E-state index is 0.0486. The van der Waals surface area contributed by atoms with E-state index in [9.17, 15) is 9.59 Å². The molecule has 2 bridgehead atoms. The Balaban J connectivity index is 1.44. The van der Waals surface area contributed by atoms with Crippen molar-refractivity contribution in [3.63, 3.8) is 0 Å². The second-order valence-corrected chi connectivity index (χ2v) is 14.9. The number of allylic oxidation sites excluding steroid dienone is 2. The predicted octanol–water partition coefficient (Wildman–Crippen LogP) is 6.89. The van der Waals surface area contributed by atoms with Crippen molar-refractivity contribution in [1.29, 1.82) is 0 Å². The summed E-state index contributed by atoms with van der Waals surface area (Å²) in [7, 11) is 0. The van der Waals surface area contributed by atoms with Crippen LogP contribution in [0.3, 0.4) is 0 Å². The highest BCUT2D eigenvalue weighted by atomic mass is 16.6. The average Bonchev–Trinajstić information content (AvgIpc) is 3.00. The van der Waals surface area contributed by atoms with E-state index in [1.54, 1.807) is 5.57 Å². The van der Waals surface area contributed by atoms with E-state index in [-0.39, 0.29) is 44.6 Å². The minimum atomic E-state index is -0.302. The van der Waals surface area contributed by atoms with Crippen LogP contribution in [0.25, 0.3) is 0 Å². The summed E-state index contributed by atoms with van der Waals surface area (Å²) in [5.41, 5.74) is 1.91. The van der Waals surface area contributed by atoms with Crippen LogP contribution in [0.4, 0.5) is 0 Å². The molecule has 0 spiro atoms. The van der Waals surface area contributed by atoms with Crippen LogP contribution in [0.5, 0.6) is 0 Å². The highest BCUT2D eigenvalue weighted by molar-refractivity contribution is 5.85. The van der Waals surface area contributed by atoms with Gasteiger partial charge in [0, 0.05) is 23.7 Å². The molecule has 0 N–H and O–H groups in total. The van der Waals surface area contributed by atoms with Crippen LogP contribution in [0.2, 0.25) is 0 Å². The number of esters is 1. The molecule has 4 saturated carbocycles. The van der Waals surface area contributed by atoms with E-state index in [0.717, 1.165) is 38.5 Å². The lowest BCUT2D eigenvalue weighted by molar-refractivity contribution is -0.186. The third kappa shape index (κ3) is 2.39. The molecule has 3 nitrogen and oxygen atoms in total. The summed E-state index contributed by atoms with van der Waals surface area (Å²) in [6.45, 7) is 16.8. The normalized spacial score (nSPS) is 56.6. The molecule has 9 atom stereocenters. The molecule has 0 aromatic carbocycles. The SMILES string of the molecule is CC1(C)C(=O)CC[C@]2(C)[C@@H]1CC[C@]1(C)[C@H]2CC=C2[C@H]3C[C@@]4(C)C[C@H](OC4=O)[C@@]3(C)CC[C@@]21C. The van der Waals surface area contributed by atoms with Crippen molar-refractivity contribution in [2.24, 2.45) is 50.2 Å². The van der Waals surface area contributed by atoms with E-state index in [4.69, 9.17) is 4.74 Å². The van der Waals surface area contributed by atoms with Gasteiger partial charge in [-0.2, -0.15) is 0 Å². The molecular weight excluding hydrogens is 408 g/mol. The van der Waals surface area contributed by atoms with E-state index in [0.29, 0.717) is 23.5 Å². The van der Waals surface area contributed by atoms with E-state index >= 15 is 0 Å². The molecule has 0 aromatic rings. The topological polar surface area (TPSA) is 43.4 Å². The molecule has 1 saturated heterocycles. The minimum Gasteiger partial charge on any atom is -0.461 e. The van der Waals surface area contributed by atoms with Gasteiger partial charge in [0.25, 0.3) is 0 Å². The summed E-state index contributed by atoms with van der Waals surface area (Å²) in [4.78, 5) is 25.7. The van der Waals surface area contributed by atoms with Gasteiger partial charge in [0.15, 0.2) is 0 Å². The van der Waals surface area contributed by atoms with Crippen molar-refractivity contribution in [1.82, 2.24) is 0 Å². The van der Waals surface area contributed by atoms with Crippen LogP contribution in [0.15, 0.2) is 11.6 Å². The largest absolute Gasteiger partial charge is 0.461 e. The third-order valence-electron chi connectivity index (χ3n) is 13.4. The van der Waals surface area contributed by atoms with Gasteiger partial charge in [0.05, 0.1) is 5.41 Å². The number of carbonyl (C=O) groups excluding carboxylic acids is 2. The Kier molecular flexibility index (Phi) is 4.17. The fraction of sp³-hybridized carbons (Fsp3) is 0.867. The number of Topliss-reactive ketones (excluding diaryl/α,β-unsaturated/α-hetero) is 1. The molecule has 0 amide bonds. The Morgan fingerprint density at radius 3 is 2.30 bits per heavy atom. The van der Waals surface area contributed by atoms with Crippen LogP contribution in [-0.2, 0) is 14.3 Å². The lowest BCUT2D eigenvalue weighted by atomic mass is 9.33. The number of ether oxygens (including phenoxy) is 1. The van der Waals surface area contributed by atoms with Gasteiger partial charge in [-0.25, -0.2) is 0 Å². The smallest absolute Gasteiger partial charge is 0.312 e. The predicted molar refractivity (Wildman–Crippen MR) is 129 cm³/mol. The second-order valence-electron chi connectivity index (χ2n) is 14.9. The molecule has 6 aliphatic rings. The summed E-state index contributed by atoms with van der Waals surface area (Å²) >= 11 is 0. The second kappa shape index (κ2) is 6.16. The van der Waals surface area contributed by atoms with Gasteiger partial charge in [-0.05, 0) is 85.9 Å². The Bertz CT molecular complexity index is 977. The monoisotopic (exact) mass is 452 g/mol. The van der Waals surface area contributed by atoms with Crippen molar-refractivity contribution in [2.45, 2.75) is 112 Å². The first kappa shape index (κ1) is 22.4. The first-order valence-electron chi connectivity index (χ1n) is 13.7. The summed E-state index contributed by atoms with van der Waals surface area (Å²) < 4.78 is 6.03. The molecule has 5 fully saturated rings. The zero-order valence-corrected chi connectivity index (χ0v) is 22.0. The zero-order chi connectivity index (χ0) is 23.8. The number of ketones is 1. The van der Waals surface area contributed by atoms with Gasteiger partial charge in [0.2, 0.25) is 0 Å². The zero-order valence-electron chi connectivity index (χ0n) is 22.0. The fourth-order valence-electron chi connectivity index (χ4n) is 10.9. The van der Waals surface area contributed by atoms with Gasteiger partial charge in [-0.1, -0.05) is 53.2 Å². The van der Waals surface area contributed by atoms with Crippen molar-refractivity contribution < 1.29 is 14.3 Å². The molecule has 3 heteroatoms. The standard InChI is InChI=1S/C30H44O3/c1-25(2)20-10-13-30(7)21(28(20,5)12-11-22(25)31)9-8-18-19-16-26(3)17-23(33-24(26)32)27(19,4)14-15-29(18,30)6/h8,19-21,23H,9-17H2,1-7H3/t19-,20-,21+,23+,26+,27+,28-,29+,30-/m1/s1. The van der Waals surface area contributed by atoms with Crippen molar-refractivity contribution >= 4 is 11.8 Å². The molecular formula is C30H44O3. The van der Waals surface area contributed by atoms with Crippen LogP contribution in [-0.4, -0.2) is 17.9 Å². The summed E-state index contributed by atoms with van der Waals surface area (Å²) in [6, 6.07) is 0. The van der Waals surface area contributed by atoms with Crippen LogP contribution in [0.1, 0.15) is 106 Å². The first-order valence-corrected chi connectivity index (χ1v) is 13.7. The van der Waals surface area contributed by atoms with Gasteiger partial charge >= 0.3 is 5.97 Å². The van der Waals surface area contributed by atoms with Gasteiger partial charge in [-0.3, -0.25) is 9.59 Å². The molecule has 6 rings (SSSR count). The third-order valence-corrected chi connectivity index (χ3v) is 13.4. The van der Waals surface area contributed by atoms with Crippen LogP contribution >= 0.6 is 0 Å². The van der Waals surface area contributed by atoms with Gasteiger partial charge in [-0.15, -0.1) is 0 Å². The molecule has 1 aliphatic heterocycles. The molecule has 33 heavy (non-hydrogen) atoms. The highest BCUT2D eigenvalue weighted by Crippen LogP contribution is 2.76. The van der Waals surface area contributed by atoms with E-state index in [1.165, 1.54) is 19.3 Å². The first-order chi connectivity index (χ1) is 15.2. The molecule has 1 heterocycles. The van der Waals surface area contributed by atoms with Gasteiger partial charge < -0.3 is 4.74 Å². The maximum absolute atomic E-state index is 12.9. The Hall–Kier alpha value is -1.12. The lowest BCUT2D eigenvalue weighted by Gasteiger charge is -2.70. The number of hydrogen-bond acceptors (Lipinski definition) is 3. The quantitative estimate of drug-likeness (QED) is 0.297. The van der Waals surface area contributed by atoms with Crippen LogP contribution in [0, 0.1) is 50.2 Å². The molecule has 0 unspecified atom stereocenters. The Morgan fingerprint density at radius 2 is 1.58 bits per heavy atom. The van der Waals surface area contributed by atoms with E-state index in [2.05, 4.69) is 54.5 Å². The maximum Gasteiger partial charge on any atom is 0.312 e. The number of carbonyl (C=O) groups is 2. The molecule has 182 valence electrons. The summed E-state index contributed by atoms with van der Waals surface area (Å²) in [5, 5.41) is 0. The lowest BCUT2D eigenvalue weighted by Crippen LogP contribution is -2.64. The Labute approximate surface area is 200 Å². The van der Waals surface area contributed by atoms with Crippen LogP contribution < -0.4 is 0 Å². The highest BCUT2D eigenvalue weighted by Gasteiger charge is 2.70.